The van der Waals surface area contributed by atoms with Gasteiger partial charge in [-0.3, -0.25) is 0 Å². The van der Waals surface area contributed by atoms with Crippen LogP contribution in [-0.4, -0.2) is 28.0 Å². The summed E-state index contributed by atoms with van der Waals surface area (Å²) in [6.07, 6.45) is 7.01. The van der Waals surface area contributed by atoms with Crippen molar-refractivity contribution in [2.75, 3.05) is 13.7 Å². The van der Waals surface area contributed by atoms with Crippen LogP contribution in [0, 0.1) is 0 Å². The van der Waals surface area contributed by atoms with E-state index in [9.17, 15) is 4.79 Å². The standard InChI is InChI=1S/C14H28O3Si/c1-6-8-9-10-13(18(4,5)16-3)11-12-17-14(15)7-2/h7,13H,2,6,8-12H2,1,3-5H3. The van der Waals surface area contributed by atoms with Crippen LogP contribution in [0.25, 0.3) is 0 Å². The Morgan fingerprint density at radius 3 is 2.50 bits per heavy atom. The molecule has 0 aromatic carbocycles. The van der Waals surface area contributed by atoms with Crippen molar-refractivity contribution in [3.63, 3.8) is 0 Å². The Hall–Kier alpha value is -0.613. The minimum Gasteiger partial charge on any atom is -0.463 e. The summed E-state index contributed by atoms with van der Waals surface area (Å²) < 4.78 is 10.8. The zero-order valence-electron chi connectivity index (χ0n) is 12.3. The van der Waals surface area contributed by atoms with Crippen LogP contribution in [0.1, 0.15) is 39.0 Å². The summed E-state index contributed by atoms with van der Waals surface area (Å²) in [7, 11) is 0.144. The molecule has 0 saturated heterocycles. The van der Waals surface area contributed by atoms with E-state index in [1.165, 1.54) is 31.8 Å². The van der Waals surface area contributed by atoms with E-state index in [-0.39, 0.29) is 5.97 Å². The van der Waals surface area contributed by atoms with Gasteiger partial charge in [0, 0.05) is 13.2 Å². The van der Waals surface area contributed by atoms with Crippen molar-refractivity contribution < 1.29 is 14.0 Å². The number of hydrogen-bond donors (Lipinski definition) is 0. The number of esters is 1. The topological polar surface area (TPSA) is 35.5 Å². The molecule has 0 aliphatic carbocycles. The highest BCUT2D eigenvalue weighted by Gasteiger charge is 2.31. The van der Waals surface area contributed by atoms with Gasteiger partial charge < -0.3 is 9.16 Å². The van der Waals surface area contributed by atoms with Crippen LogP contribution in [0.3, 0.4) is 0 Å². The van der Waals surface area contributed by atoms with E-state index in [4.69, 9.17) is 9.16 Å². The van der Waals surface area contributed by atoms with Gasteiger partial charge in [0.05, 0.1) is 6.61 Å². The molecular weight excluding hydrogens is 244 g/mol. The second kappa shape index (κ2) is 9.33. The Bertz CT molecular complexity index is 251. The van der Waals surface area contributed by atoms with Crippen LogP contribution in [0.2, 0.25) is 18.6 Å². The van der Waals surface area contributed by atoms with Gasteiger partial charge >= 0.3 is 5.97 Å². The van der Waals surface area contributed by atoms with Crippen molar-refractivity contribution in [1.29, 1.82) is 0 Å². The fourth-order valence-corrected chi connectivity index (χ4v) is 4.05. The highest BCUT2D eigenvalue weighted by atomic mass is 28.4. The zero-order chi connectivity index (χ0) is 14.0. The van der Waals surface area contributed by atoms with Gasteiger partial charge in [-0.2, -0.15) is 0 Å². The van der Waals surface area contributed by atoms with E-state index in [0.29, 0.717) is 12.1 Å². The molecule has 0 amide bonds. The maximum Gasteiger partial charge on any atom is 0.330 e. The molecule has 0 aliphatic heterocycles. The molecule has 0 fully saturated rings. The van der Waals surface area contributed by atoms with Crippen LogP contribution in [0.5, 0.6) is 0 Å². The lowest BCUT2D eigenvalue weighted by Crippen LogP contribution is -2.36. The Balaban J connectivity index is 4.20. The van der Waals surface area contributed by atoms with Gasteiger partial charge in [-0.15, -0.1) is 0 Å². The monoisotopic (exact) mass is 272 g/mol. The lowest BCUT2D eigenvalue weighted by molar-refractivity contribution is -0.137. The summed E-state index contributed by atoms with van der Waals surface area (Å²) in [5.41, 5.74) is 0.548. The van der Waals surface area contributed by atoms with Crippen molar-refractivity contribution >= 4 is 14.3 Å². The molecular formula is C14H28O3Si. The molecule has 1 atom stereocenters. The van der Waals surface area contributed by atoms with Gasteiger partial charge in [0.15, 0.2) is 8.32 Å². The first kappa shape index (κ1) is 17.4. The van der Waals surface area contributed by atoms with Gasteiger partial charge in [0.25, 0.3) is 0 Å². The summed E-state index contributed by atoms with van der Waals surface area (Å²) in [6.45, 7) is 10.5. The van der Waals surface area contributed by atoms with E-state index in [1.54, 1.807) is 7.11 Å². The molecule has 0 radical (unpaired) electrons. The Morgan fingerprint density at radius 1 is 1.33 bits per heavy atom. The smallest absolute Gasteiger partial charge is 0.330 e. The average Bonchev–Trinajstić information content (AvgIpc) is 2.36. The second-order valence-corrected chi connectivity index (χ2v) is 9.59. The maximum absolute atomic E-state index is 11.0. The maximum atomic E-state index is 11.0. The van der Waals surface area contributed by atoms with Gasteiger partial charge in [-0.05, 0) is 25.1 Å². The third-order valence-electron chi connectivity index (χ3n) is 3.54. The van der Waals surface area contributed by atoms with Crippen molar-refractivity contribution in [3.8, 4) is 0 Å². The lowest BCUT2D eigenvalue weighted by atomic mass is 10.1. The number of unbranched alkanes of at least 4 members (excludes halogenated alkanes) is 2. The highest BCUT2D eigenvalue weighted by Crippen LogP contribution is 2.31. The van der Waals surface area contributed by atoms with E-state index < -0.39 is 8.32 Å². The molecule has 0 aromatic heterocycles. The summed E-state index contributed by atoms with van der Waals surface area (Å²) in [5.74, 6) is -0.334. The molecule has 106 valence electrons. The largest absolute Gasteiger partial charge is 0.463 e. The Kier molecular flexibility index (Phi) is 9.02. The predicted molar refractivity (Wildman–Crippen MR) is 78.2 cm³/mol. The van der Waals surface area contributed by atoms with Crippen LogP contribution in [-0.2, 0) is 14.0 Å². The number of rotatable bonds is 10. The first-order valence-corrected chi connectivity index (χ1v) is 9.80. The van der Waals surface area contributed by atoms with Crippen LogP contribution in [0.4, 0.5) is 0 Å². The third-order valence-corrected chi connectivity index (χ3v) is 7.14. The molecule has 3 nitrogen and oxygen atoms in total. The Morgan fingerprint density at radius 2 is 2.00 bits per heavy atom. The van der Waals surface area contributed by atoms with Crippen LogP contribution >= 0.6 is 0 Å². The summed E-state index contributed by atoms with van der Waals surface area (Å²) >= 11 is 0. The van der Waals surface area contributed by atoms with Gasteiger partial charge in [-0.25, -0.2) is 4.79 Å². The highest BCUT2D eigenvalue weighted by molar-refractivity contribution is 6.72. The number of carbonyl (C=O) groups excluding carboxylic acids is 1. The molecule has 0 spiro atoms. The van der Waals surface area contributed by atoms with E-state index in [0.717, 1.165) is 6.42 Å². The molecule has 0 bridgehead atoms. The van der Waals surface area contributed by atoms with E-state index >= 15 is 0 Å². The van der Waals surface area contributed by atoms with E-state index in [2.05, 4.69) is 26.6 Å². The average molecular weight is 272 g/mol. The quantitative estimate of drug-likeness (QED) is 0.262. The van der Waals surface area contributed by atoms with Crippen LogP contribution in [0.15, 0.2) is 12.7 Å². The van der Waals surface area contributed by atoms with Gasteiger partial charge in [0.1, 0.15) is 0 Å². The van der Waals surface area contributed by atoms with E-state index in [1.807, 2.05) is 0 Å². The summed E-state index contributed by atoms with van der Waals surface area (Å²) in [5, 5.41) is 0. The van der Waals surface area contributed by atoms with Crippen molar-refractivity contribution in [1.82, 2.24) is 0 Å². The van der Waals surface area contributed by atoms with Crippen molar-refractivity contribution in [2.45, 2.75) is 57.7 Å². The van der Waals surface area contributed by atoms with Gasteiger partial charge in [-0.1, -0.05) is 39.2 Å². The normalized spacial score (nSPS) is 13.1. The first-order chi connectivity index (χ1) is 8.47. The fraction of sp³-hybridized carbons (Fsp3) is 0.786. The Labute approximate surface area is 113 Å². The van der Waals surface area contributed by atoms with Gasteiger partial charge in [0.2, 0.25) is 0 Å². The predicted octanol–water partition coefficient (Wildman–Crippen LogP) is 3.91. The summed E-state index contributed by atoms with van der Waals surface area (Å²) in [6, 6.07) is 0. The lowest BCUT2D eigenvalue weighted by Gasteiger charge is -2.30. The molecule has 0 aliphatic rings. The second-order valence-electron chi connectivity index (χ2n) is 5.16. The molecule has 0 saturated carbocycles. The third kappa shape index (κ3) is 6.96. The number of ether oxygens (including phenoxy) is 1. The fourth-order valence-electron chi connectivity index (χ4n) is 2.01. The zero-order valence-corrected chi connectivity index (χ0v) is 13.3. The SMILES string of the molecule is C=CC(=O)OCCC(CCCCC)[Si](C)(C)OC. The summed E-state index contributed by atoms with van der Waals surface area (Å²) in [4.78, 5) is 11.0. The number of carbonyl (C=O) groups is 1. The first-order valence-electron chi connectivity index (χ1n) is 6.82. The number of hydrogen-bond acceptors (Lipinski definition) is 3. The molecule has 18 heavy (non-hydrogen) atoms. The minimum atomic E-state index is -1.66. The molecule has 1 unspecified atom stereocenters. The molecule has 0 N–H and O–H groups in total. The van der Waals surface area contributed by atoms with Crippen LogP contribution < -0.4 is 0 Å². The molecule has 0 rings (SSSR count). The molecule has 0 heterocycles. The molecule has 0 aromatic rings. The van der Waals surface area contributed by atoms with Crippen molar-refractivity contribution in [2.24, 2.45) is 0 Å². The molecule has 4 heteroatoms. The minimum absolute atomic E-state index is 0.334. The van der Waals surface area contributed by atoms with Crippen molar-refractivity contribution in [3.05, 3.63) is 12.7 Å².